The molecule has 0 bridgehead atoms. The lowest BCUT2D eigenvalue weighted by molar-refractivity contribution is 0.132. The van der Waals surface area contributed by atoms with Crippen molar-refractivity contribution in [1.82, 2.24) is 29.2 Å². The van der Waals surface area contributed by atoms with E-state index < -0.39 is 10.0 Å². The average Bonchev–Trinajstić information content (AvgIpc) is 3.20. The molecular weight excluding hydrogens is 454 g/mol. The van der Waals surface area contributed by atoms with Crippen molar-refractivity contribution in [3.63, 3.8) is 0 Å². The van der Waals surface area contributed by atoms with Gasteiger partial charge in [-0.15, -0.1) is 0 Å². The summed E-state index contributed by atoms with van der Waals surface area (Å²) in [5, 5.41) is 5.37. The van der Waals surface area contributed by atoms with Gasteiger partial charge in [0.2, 0.25) is 15.9 Å². The van der Waals surface area contributed by atoms with E-state index in [2.05, 4.69) is 25.3 Å². The minimum Gasteiger partial charge on any atom is -0.474 e. The summed E-state index contributed by atoms with van der Waals surface area (Å²) in [6, 6.07) is 9.85. The number of aryl methyl sites for hydroxylation is 1. The smallest absolute Gasteiger partial charge is 0.221 e. The lowest BCUT2D eigenvalue weighted by atomic mass is 10.1. The van der Waals surface area contributed by atoms with E-state index in [1.165, 1.54) is 16.9 Å². The predicted octanol–water partition coefficient (Wildman–Crippen LogP) is 3.19. The summed E-state index contributed by atoms with van der Waals surface area (Å²) in [5.74, 6) is 1.99. The normalized spacial score (nSPS) is 16.7. The maximum Gasteiger partial charge on any atom is 0.221 e. The predicted molar refractivity (Wildman–Crippen MR) is 130 cm³/mol. The first-order valence-corrected chi connectivity index (χ1v) is 13.1. The second kappa shape index (κ2) is 8.80. The number of nitrogens with zero attached hydrogens (tertiary/aromatic N) is 5. The quantitative estimate of drug-likeness (QED) is 0.430. The molecule has 3 aromatic heterocycles. The van der Waals surface area contributed by atoms with Crippen LogP contribution in [0.2, 0.25) is 0 Å². The molecule has 1 aliphatic heterocycles. The van der Waals surface area contributed by atoms with Crippen LogP contribution in [0.25, 0.3) is 21.9 Å². The molecule has 0 spiro atoms. The van der Waals surface area contributed by atoms with Crippen molar-refractivity contribution in [1.29, 1.82) is 0 Å². The van der Waals surface area contributed by atoms with Crippen LogP contribution in [0, 0.1) is 6.92 Å². The molecule has 11 heteroatoms. The minimum atomic E-state index is -3.18. The zero-order valence-corrected chi connectivity index (χ0v) is 20.1. The monoisotopic (exact) mass is 481 g/mol. The van der Waals surface area contributed by atoms with Crippen LogP contribution in [-0.2, 0) is 10.0 Å². The summed E-state index contributed by atoms with van der Waals surface area (Å²) in [5.41, 5.74) is 2.17. The number of nitrogens with one attached hydrogen (secondary N) is 2. The molecule has 5 rings (SSSR count). The Labute approximate surface area is 197 Å². The molecule has 0 unspecified atom stereocenters. The molecule has 0 radical (unpaired) electrons. The van der Waals surface area contributed by atoms with Crippen LogP contribution in [-0.4, -0.2) is 63.1 Å². The number of piperidine rings is 1. The number of fused-ring (bicyclic) bond motifs is 2. The molecule has 178 valence electrons. The molecule has 0 aliphatic carbocycles. The van der Waals surface area contributed by atoms with Crippen LogP contribution in [0.4, 0.5) is 5.82 Å². The SMILES string of the molecule is Cc1nc2ncnc(N[C@@H](C)c3cc4ccccc4c(OC4CCN(S(C)(=O)=O)CC4)n3)c2[nH]1. The van der Waals surface area contributed by atoms with Crippen molar-refractivity contribution in [3.05, 3.63) is 48.2 Å². The number of rotatable bonds is 6. The minimum absolute atomic E-state index is 0.0955. The van der Waals surface area contributed by atoms with Gasteiger partial charge in [-0.2, -0.15) is 0 Å². The summed E-state index contributed by atoms with van der Waals surface area (Å²) < 4.78 is 31.5. The van der Waals surface area contributed by atoms with E-state index in [0.717, 1.165) is 27.8 Å². The van der Waals surface area contributed by atoms with E-state index in [4.69, 9.17) is 9.72 Å². The topological polar surface area (TPSA) is 126 Å². The van der Waals surface area contributed by atoms with Crippen LogP contribution >= 0.6 is 0 Å². The lowest BCUT2D eigenvalue weighted by Crippen LogP contribution is -2.41. The molecule has 10 nitrogen and oxygen atoms in total. The number of sulfonamides is 1. The molecule has 1 aromatic carbocycles. The fraction of sp³-hybridized carbons (Fsp3) is 0.391. The molecule has 0 saturated carbocycles. The van der Waals surface area contributed by atoms with E-state index in [1.807, 2.05) is 44.2 Å². The first-order chi connectivity index (χ1) is 16.3. The van der Waals surface area contributed by atoms with Crippen molar-refractivity contribution < 1.29 is 13.2 Å². The maximum atomic E-state index is 11.8. The number of benzene rings is 1. The zero-order chi connectivity index (χ0) is 23.9. The molecule has 4 heterocycles. The van der Waals surface area contributed by atoms with E-state index >= 15 is 0 Å². The standard InChI is InChI=1S/C23H27N7O3S/c1-14(26-21-20-22(25-13-24-21)28-15(2)27-20)19-12-16-6-4-5-7-18(16)23(29-19)33-17-8-10-30(11-9-17)34(3,31)32/h4-7,12-14,17H,8-11H2,1-3H3,(H2,24,25,26,27,28)/t14-/m0/s1. The summed E-state index contributed by atoms with van der Waals surface area (Å²) in [4.78, 5) is 21.0. The Bertz CT molecular complexity index is 1450. The number of imidazole rings is 1. The number of anilines is 1. The number of ether oxygens (including phenoxy) is 1. The van der Waals surface area contributed by atoms with Crippen molar-refractivity contribution in [3.8, 4) is 5.88 Å². The summed E-state index contributed by atoms with van der Waals surface area (Å²) in [6.45, 7) is 4.80. The highest BCUT2D eigenvalue weighted by Gasteiger charge is 2.27. The molecule has 1 fully saturated rings. The highest BCUT2D eigenvalue weighted by Crippen LogP contribution is 2.31. The van der Waals surface area contributed by atoms with Crippen LogP contribution in [0.5, 0.6) is 5.88 Å². The van der Waals surface area contributed by atoms with Gasteiger partial charge in [0.15, 0.2) is 11.5 Å². The van der Waals surface area contributed by atoms with Gasteiger partial charge in [0.05, 0.1) is 18.0 Å². The number of hydrogen-bond donors (Lipinski definition) is 2. The second-order valence-corrected chi connectivity index (χ2v) is 10.6. The average molecular weight is 482 g/mol. The number of H-pyrrole nitrogens is 1. The largest absolute Gasteiger partial charge is 0.474 e. The Morgan fingerprint density at radius 1 is 1.18 bits per heavy atom. The van der Waals surface area contributed by atoms with Crippen molar-refractivity contribution in [2.24, 2.45) is 0 Å². The van der Waals surface area contributed by atoms with Crippen molar-refractivity contribution in [2.75, 3.05) is 24.7 Å². The highest BCUT2D eigenvalue weighted by molar-refractivity contribution is 7.88. The van der Waals surface area contributed by atoms with E-state index in [1.54, 1.807) is 0 Å². The molecule has 34 heavy (non-hydrogen) atoms. The third-order valence-corrected chi connectivity index (χ3v) is 7.38. The van der Waals surface area contributed by atoms with E-state index in [-0.39, 0.29) is 12.1 Å². The van der Waals surface area contributed by atoms with Gasteiger partial charge in [-0.1, -0.05) is 18.2 Å². The molecule has 0 amide bonds. The first kappa shape index (κ1) is 22.5. The van der Waals surface area contributed by atoms with Crippen LogP contribution in [0.1, 0.15) is 37.3 Å². The second-order valence-electron chi connectivity index (χ2n) is 8.66. The number of aromatic amines is 1. The fourth-order valence-electron chi connectivity index (χ4n) is 4.27. The summed E-state index contributed by atoms with van der Waals surface area (Å²) in [6.07, 6.45) is 3.89. The van der Waals surface area contributed by atoms with Crippen molar-refractivity contribution >= 4 is 37.8 Å². The van der Waals surface area contributed by atoms with Gasteiger partial charge in [0.25, 0.3) is 0 Å². The Morgan fingerprint density at radius 3 is 2.71 bits per heavy atom. The third kappa shape index (κ3) is 4.53. The highest BCUT2D eigenvalue weighted by atomic mass is 32.2. The van der Waals surface area contributed by atoms with E-state index in [0.29, 0.717) is 43.3 Å². The maximum absolute atomic E-state index is 11.8. The Kier molecular flexibility index (Phi) is 5.82. The van der Waals surface area contributed by atoms with E-state index in [9.17, 15) is 8.42 Å². The van der Waals surface area contributed by atoms with Crippen LogP contribution in [0.15, 0.2) is 36.7 Å². The van der Waals surface area contributed by atoms with Gasteiger partial charge in [0, 0.05) is 18.5 Å². The summed E-state index contributed by atoms with van der Waals surface area (Å²) in [7, 11) is -3.18. The van der Waals surface area contributed by atoms with Gasteiger partial charge in [-0.25, -0.2) is 32.7 Å². The molecule has 2 N–H and O–H groups in total. The summed E-state index contributed by atoms with van der Waals surface area (Å²) >= 11 is 0. The molecular formula is C23H27N7O3S. The Morgan fingerprint density at radius 2 is 1.94 bits per heavy atom. The van der Waals surface area contributed by atoms with Gasteiger partial charge < -0.3 is 15.0 Å². The molecule has 1 aliphatic rings. The Hall–Kier alpha value is -3.31. The number of hydrogen-bond acceptors (Lipinski definition) is 8. The van der Waals surface area contributed by atoms with Crippen LogP contribution < -0.4 is 10.1 Å². The van der Waals surface area contributed by atoms with Crippen LogP contribution in [0.3, 0.4) is 0 Å². The molecule has 1 atom stereocenters. The molecule has 1 saturated heterocycles. The number of aromatic nitrogens is 5. The third-order valence-electron chi connectivity index (χ3n) is 6.08. The number of pyridine rings is 1. The first-order valence-electron chi connectivity index (χ1n) is 11.2. The lowest BCUT2D eigenvalue weighted by Gasteiger charge is -2.30. The van der Waals surface area contributed by atoms with Gasteiger partial charge in [0.1, 0.15) is 23.8 Å². The van der Waals surface area contributed by atoms with Crippen molar-refractivity contribution in [2.45, 2.75) is 38.8 Å². The molecule has 4 aromatic rings. The van der Waals surface area contributed by atoms with Gasteiger partial charge in [-0.05, 0) is 44.2 Å². The zero-order valence-electron chi connectivity index (χ0n) is 19.3. The van der Waals surface area contributed by atoms with Gasteiger partial charge >= 0.3 is 0 Å². The fourth-order valence-corrected chi connectivity index (χ4v) is 5.14. The van der Waals surface area contributed by atoms with Gasteiger partial charge in [-0.3, -0.25) is 0 Å². The Balaban J connectivity index is 1.41.